The average Bonchev–Trinajstić information content (AvgIpc) is 3.06. The van der Waals surface area contributed by atoms with Crippen LogP contribution in [0.5, 0.6) is 0 Å². The summed E-state index contributed by atoms with van der Waals surface area (Å²) in [6.45, 7) is 31.5. The van der Waals surface area contributed by atoms with Crippen LogP contribution in [0, 0.1) is 18.8 Å². The van der Waals surface area contributed by atoms with Crippen molar-refractivity contribution < 1.29 is 8.78 Å². The van der Waals surface area contributed by atoms with Gasteiger partial charge in [0.2, 0.25) is 0 Å². The van der Waals surface area contributed by atoms with Gasteiger partial charge in [0.05, 0.1) is 5.83 Å². The Bertz CT molecular complexity index is 1030. The smallest absolute Gasteiger partial charge is 0.125 e. The van der Waals surface area contributed by atoms with Gasteiger partial charge in [-0.1, -0.05) is 82.7 Å². The number of hydrogen-bond acceptors (Lipinski definition) is 4. The molecule has 0 aliphatic carbocycles. The van der Waals surface area contributed by atoms with E-state index in [4.69, 9.17) is 0 Å². The van der Waals surface area contributed by atoms with Crippen LogP contribution in [0.2, 0.25) is 0 Å². The van der Waals surface area contributed by atoms with Crippen LogP contribution in [0.1, 0.15) is 82.1 Å². The first-order chi connectivity index (χ1) is 22.0. The van der Waals surface area contributed by atoms with Gasteiger partial charge in [0.25, 0.3) is 0 Å². The Labute approximate surface area is 283 Å². The molecule has 2 rings (SSSR count). The van der Waals surface area contributed by atoms with E-state index >= 15 is 0 Å². The van der Waals surface area contributed by atoms with Crippen molar-refractivity contribution in [3.63, 3.8) is 0 Å². The summed E-state index contributed by atoms with van der Waals surface area (Å²) in [4.78, 5) is 12.3. The van der Waals surface area contributed by atoms with Crippen LogP contribution in [-0.4, -0.2) is 92.2 Å². The van der Waals surface area contributed by atoms with Gasteiger partial charge in [-0.15, -0.1) is 12.8 Å². The molecule has 0 aromatic carbocycles. The Morgan fingerprint density at radius 1 is 0.913 bits per heavy atom. The molecule has 0 amide bonds. The lowest BCUT2D eigenvalue weighted by Gasteiger charge is -2.43. The number of halogens is 2. The van der Waals surface area contributed by atoms with E-state index in [0.717, 1.165) is 62.9 Å². The average molecular weight is 644 g/mol. The summed E-state index contributed by atoms with van der Waals surface area (Å²) in [5.74, 6) is 1.01. The van der Waals surface area contributed by atoms with Crippen LogP contribution >= 0.6 is 0 Å². The Morgan fingerprint density at radius 2 is 1.48 bits per heavy atom. The minimum atomic E-state index is -0.897. The molecule has 2 unspecified atom stereocenters. The molecule has 0 spiro atoms. The Morgan fingerprint density at radius 3 is 1.98 bits per heavy atom. The third-order valence-corrected chi connectivity index (χ3v) is 7.72. The highest BCUT2D eigenvalue weighted by Gasteiger charge is 2.28. The second-order valence-electron chi connectivity index (χ2n) is 11.4. The van der Waals surface area contributed by atoms with Gasteiger partial charge >= 0.3 is 0 Å². The normalized spacial score (nSPS) is 19.2. The molecule has 0 radical (unpaired) electrons. The third kappa shape index (κ3) is 18.9. The molecule has 2 aliphatic rings. The van der Waals surface area contributed by atoms with Crippen molar-refractivity contribution in [1.29, 1.82) is 0 Å². The van der Waals surface area contributed by atoms with Gasteiger partial charge in [-0.25, -0.2) is 8.78 Å². The molecule has 0 bridgehead atoms. The highest BCUT2D eigenvalue weighted by atomic mass is 19.1. The number of piperazine rings is 1. The van der Waals surface area contributed by atoms with E-state index in [-0.39, 0.29) is 11.7 Å². The lowest BCUT2D eigenvalue weighted by atomic mass is 10.0. The number of nitrogens with zero attached hydrogens (tertiary/aromatic N) is 4. The fourth-order valence-corrected chi connectivity index (χ4v) is 5.37. The number of aliphatic imine (C=N–C) groups is 1. The Kier molecular flexibility index (Phi) is 26.7. The van der Waals surface area contributed by atoms with Gasteiger partial charge in [0.15, 0.2) is 0 Å². The van der Waals surface area contributed by atoms with E-state index < -0.39 is 6.17 Å². The second kappa shape index (κ2) is 27.2. The number of hydrogen-bond donors (Lipinski definition) is 1. The topological polar surface area (TPSA) is 34.1 Å². The van der Waals surface area contributed by atoms with Crippen molar-refractivity contribution in [2.45, 2.75) is 94.3 Å². The third-order valence-electron chi connectivity index (χ3n) is 7.72. The largest absolute Gasteiger partial charge is 0.385 e. The molecule has 0 aromatic heterocycles. The van der Waals surface area contributed by atoms with Gasteiger partial charge in [-0.05, 0) is 72.2 Å². The van der Waals surface area contributed by atoms with E-state index in [1.54, 1.807) is 19.1 Å². The molecule has 0 saturated carbocycles. The lowest BCUT2D eigenvalue weighted by molar-refractivity contribution is 0.0813. The quantitative estimate of drug-likeness (QED) is 0.0998. The lowest BCUT2D eigenvalue weighted by Crippen LogP contribution is -2.54. The number of allylic oxidation sites excluding steroid dienone is 7. The maximum absolute atomic E-state index is 13.0. The molecule has 2 heterocycles. The maximum Gasteiger partial charge on any atom is 0.125 e. The summed E-state index contributed by atoms with van der Waals surface area (Å²) in [7, 11) is 1.88. The van der Waals surface area contributed by atoms with Crippen LogP contribution in [0.25, 0.3) is 0 Å². The molecular weight excluding hydrogens is 576 g/mol. The number of amidine groups is 1. The molecule has 2 aliphatic heterocycles. The highest BCUT2D eigenvalue weighted by Crippen LogP contribution is 2.21. The van der Waals surface area contributed by atoms with Crippen LogP contribution in [0.4, 0.5) is 8.78 Å². The molecule has 1 N–H and O–H groups in total. The van der Waals surface area contributed by atoms with Gasteiger partial charge in [0, 0.05) is 64.0 Å². The van der Waals surface area contributed by atoms with Gasteiger partial charge in [-0.2, -0.15) is 0 Å². The van der Waals surface area contributed by atoms with E-state index in [0.29, 0.717) is 12.6 Å². The van der Waals surface area contributed by atoms with Crippen molar-refractivity contribution >= 4 is 5.84 Å². The minimum absolute atomic E-state index is 0.149. The van der Waals surface area contributed by atoms with E-state index in [1.807, 2.05) is 53.8 Å². The first-order valence-electron chi connectivity index (χ1n) is 17.1. The molecule has 2 saturated heterocycles. The predicted molar refractivity (Wildman–Crippen MR) is 201 cm³/mol. The van der Waals surface area contributed by atoms with Gasteiger partial charge in [-0.3, -0.25) is 14.8 Å². The predicted octanol–water partition coefficient (Wildman–Crippen LogP) is 8.76. The molecule has 46 heavy (non-hydrogen) atoms. The maximum atomic E-state index is 13.0. The summed E-state index contributed by atoms with van der Waals surface area (Å²) in [5.41, 5.74) is 4.44. The SMILES string of the molecule is C#C.C=C(NC/C(C)=C/C=C(\C)F)C(C)/C=C(/C)C(=NC)N1CCN(C2CCN(C/C(C)=C/C=CC(C)F)CC2)CC1.CC.CC. The standard InChI is InChI=1S/C33H53F2N5.2C2H6.C2H2/c1-25(12-13-30(6)35)23-37-31(7)27(3)22-28(4)33(36-8)40-20-18-39(19-21-40)32-14-16-38(17-15-32)24-26(2)10-9-11-29(5)34;3*1-2/h9-13,22,27,29,32,37H,7,14-21,23-24H2,1-6,8H3;2*1-2H3;1-2H/b11-9?,25-12+,26-10+,28-22-,30-13+,36-33?;;;. The fourth-order valence-electron chi connectivity index (χ4n) is 5.37. The van der Waals surface area contributed by atoms with Crippen molar-refractivity contribution in [1.82, 2.24) is 20.0 Å². The summed E-state index contributed by atoms with van der Waals surface area (Å²) in [6.07, 6.45) is 20.5. The van der Waals surface area contributed by atoms with Crippen LogP contribution in [0.15, 0.2) is 76.3 Å². The summed E-state index contributed by atoms with van der Waals surface area (Å²) >= 11 is 0. The minimum Gasteiger partial charge on any atom is -0.385 e. The highest BCUT2D eigenvalue weighted by molar-refractivity contribution is 5.97. The summed E-state index contributed by atoms with van der Waals surface area (Å²) < 4.78 is 25.9. The first kappa shape index (κ1) is 45.2. The van der Waals surface area contributed by atoms with Gasteiger partial charge < -0.3 is 10.2 Å². The Balaban J connectivity index is 0. The number of alkyl halides is 1. The zero-order valence-electron chi connectivity index (χ0n) is 31.2. The molecule has 2 fully saturated rings. The van der Waals surface area contributed by atoms with Gasteiger partial charge in [0.1, 0.15) is 12.0 Å². The first-order valence-corrected chi connectivity index (χ1v) is 17.1. The van der Waals surface area contributed by atoms with E-state index in [9.17, 15) is 8.78 Å². The summed E-state index contributed by atoms with van der Waals surface area (Å²) in [5, 5.41) is 3.37. The van der Waals surface area contributed by atoms with E-state index in [2.05, 4.69) is 71.3 Å². The zero-order chi connectivity index (χ0) is 35.7. The van der Waals surface area contributed by atoms with Crippen LogP contribution < -0.4 is 5.32 Å². The van der Waals surface area contributed by atoms with Crippen LogP contribution in [-0.2, 0) is 0 Å². The molecule has 5 nitrogen and oxygen atoms in total. The van der Waals surface area contributed by atoms with Crippen LogP contribution in [0.3, 0.4) is 0 Å². The molecule has 7 heteroatoms. The fraction of sp³-hybridized carbons (Fsp3) is 0.615. The molecular formula is C39H67F2N5. The Hall–Kier alpha value is -2.95. The van der Waals surface area contributed by atoms with Crippen molar-refractivity contribution in [3.8, 4) is 12.8 Å². The number of likely N-dealkylation sites (tertiary alicyclic amines) is 1. The number of nitrogens with one attached hydrogen (secondary N) is 1. The molecule has 262 valence electrons. The summed E-state index contributed by atoms with van der Waals surface area (Å²) in [6, 6.07) is 0.643. The molecule has 2 atom stereocenters. The zero-order valence-corrected chi connectivity index (χ0v) is 31.2. The number of piperidine rings is 1. The van der Waals surface area contributed by atoms with E-state index in [1.165, 1.54) is 37.0 Å². The second-order valence-corrected chi connectivity index (χ2v) is 11.4. The molecule has 0 aromatic rings. The number of rotatable bonds is 12. The van der Waals surface area contributed by atoms with Crippen molar-refractivity contribution in [2.75, 3.05) is 59.4 Å². The number of terminal acetylenes is 1. The van der Waals surface area contributed by atoms with Crippen molar-refractivity contribution in [2.24, 2.45) is 10.9 Å². The monoisotopic (exact) mass is 644 g/mol. The van der Waals surface area contributed by atoms with Crippen molar-refractivity contribution in [3.05, 3.63) is 71.3 Å².